The first-order valence-corrected chi connectivity index (χ1v) is 7.90. The van der Waals surface area contributed by atoms with E-state index in [1.165, 1.54) is 34.1 Å². The predicted molar refractivity (Wildman–Crippen MR) is 96.5 cm³/mol. The van der Waals surface area contributed by atoms with Gasteiger partial charge in [-0.15, -0.1) is 0 Å². The molecule has 112 valence electrons. The van der Waals surface area contributed by atoms with Crippen LogP contribution in [0.3, 0.4) is 0 Å². The summed E-state index contributed by atoms with van der Waals surface area (Å²) in [5.41, 5.74) is 7.60. The van der Waals surface area contributed by atoms with E-state index in [1.807, 2.05) is 0 Å². The number of hydrogen-bond acceptors (Lipinski definition) is 3. The van der Waals surface area contributed by atoms with Gasteiger partial charge in [-0.1, -0.05) is 36.4 Å². The third-order valence-electron chi connectivity index (χ3n) is 4.80. The number of hydrogen-bond donors (Lipinski definition) is 0. The molecule has 0 N–H and O–H groups in total. The molecule has 0 saturated heterocycles. The van der Waals surface area contributed by atoms with Crippen molar-refractivity contribution in [3.8, 4) is 0 Å². The van der Waals surface area contributed by atoms with Gasteiger partial charge in [0.25, 0.3) is 0 Å². The number of fused-ring (bicyclic) bond motifs is 2. The molecular weight excluding hydrogens is 282 g/mol. The Labute approximate surface area is 136 Å². The highest BCUT2D eigenvalue weighted by Crippen LogP contribution is 2.55. The summed E-state index contributed by atoms with van der Waals surface area (Å²) < 4.78 is 0. The van der Waals surface area contributed by atoms with Gasteiger partial charge in [-0.2, -0.15) is 0 Å². The molecule has 3 nitrogen and oxygen atoms in total. The highest BCUT2D eigenvalue weighted by atomic mass is 15.4. The van der Waals surface area contributed by atoms with Crippen molar-refractivity contribution in [2.75, 3.05) is 28.4 Å². The fourth-order valence-electron chi connectivity index (χ4n) is 3.70. The molecule has 0 spiro atoms. The van der Waals surface area contributed by atoms with E-state index in [9.17, 15) is 0 Å². The van der Waals surface area contributed by atoms with Crippen LogP contribution in [0, 0.1) is 0 Å². The topological polar surface area (TPSA) is 9.72 Å². The lowest BCUT2D eigenvalue weighted by Crippen LogP contribution is -2.28. The molecular formula is C20H17N3. The van der Waals surface area contributed by atoms with Crippen LogP contribution in [0.5, 0.6) is 0 Å². The molecule has 0 atom stereocenters. The molecule has 0 bridgehead atoms. The third-order valence-corrected chi connectivity index (χ3v) is 4.80. The minimum absolute atomic E-state index is 0.848. The van der Waals surface area contributed by atoms with Crippen molar-refractivity contribution in [3.63, 3.8) is 0 Å². The van der Waals surface area contributed by atoms with Crippen molar-refractivity contribution in [2.45, 2.75) is 0 Å². The van der Waals surface area contributed by atoms with Gasteiger partial charge in [0.05, 0.1) is 28.4 Å². The van der Waals surface area contributed by atoms with Crippen LogP contribution >= 0.6 is 0 Å². The van der Waals surface area contributed by atoms with Crippen molar-refractivity contribution >= 4 is 34.1 Å². The highest BCUT2D eigenvalue weighted by molar-refractivity contribution is 6.02. The molecule has 3 aromatic rings. The molecule has 2 aliphatic heterocycles. The van der Waals surface area contributed by atoms with Gasteiger partial charge in [-0.05, 0) is 36.4 Å². The molecule has 0 fully saturated rings. The summed E-state index contributed by atoms with van der Waals surface area (Å²) in [5.74, 6) is 0. The van der Waals surface area contributed by atoms with Crippen molar-refractivity contribution in [2.24, 2.45) is 0 Å². The van der Waals surface area contributed by atoms with Crippen LogP contribution in [0.25, 0.3) is 0 Å². The van der Waals surface area contributed by atoms with Gasteiger partial charge in [0.15, 0.2) is 0 Å². The number of para-hydroxylation sites is 4. The Bertz CT molecular complexity index is 888. The fourth-order valence-corrected chi connectivity index (χ4v) is 3.70. The van der Waals surface area contributed by atoms with Crippen LogP contribution in [-0.2, 0) is 0 Å². The minimum Gasteiger partial charge on any atom is -0.341 e. The van der Waals surface area contributed by atoms with E-state index < -0.39 is 0 Å². The van der Waals surface area contributed by atoms with Gasteiger partial charge in [-0.3, -0.25) is 0 Å². The lowest BCUT2D eigenvalue weighted by molar-refractivity contribution is 0.975. The van der Waals surface area contributed by atoms with E-state index in [4.69, 9.17) is 0 Å². The van der Waals surface area contributed by atoms with Crippen LogP contribution < -0.4 is 14.7 Å². The summed E-state index contributed by atoms with van der Waals surface area (Å²) in [6, 6.07) is 25.8. The van der Waals surface area contributed by atoms with Gasteiger partial charge in [-0.25, -0.2) is 0 Å². The second kappa shape index (κ2) is 4.53. The Balaban J connectivity index is 1.74. The van der Waals surface area contributed by atoms with Gasteiger partial charge in [0, 0.05) is 12.7 Å². The molecule has 0 saturated carbocycles. The minimum atomic E-state index is 0.848. The Morgan fingerprint density at radius 1 is 0.609 bits per heavy atom. The van der Waals surface area contributed by atoms with Crippen LogP contribution in [0.4, 0.5) is 34.1 Å². The molecule has 2 aliphatic rings. The Kier molecular flexibility index (Phi) is 2.48. The van der Waals surface area contributed by atoms with Gasteiger partial charge in [0.1, 0.15) is 6.67 Å². The van der Waals surface area contributed by atoms with E-state index in [-0.39, 0.29) is 0 Å². The Morgan fingerprint density at radius 3 is 2.09 bits per heavy atom. The fraction of sp³-hybridized carbons (Fsp3) is 0.100. The lowest BCUT2D eigenvalue weighted by Gasteiger charge is -2.35. The van der Waals surface area contributed by atoms with Gasteiger partial charge in [0.2, 0.25) is 0 Å². The van der Waals surface area contributed by atoms with Gasteiger partial charge >= 0.3 is 0 Å². The summed E-state index contributed by atoms with van der Waals surface area (Å²) in [5, 5.41) is 0. The predicted octanol–water partition coefficient (Wildman–Crippen LogP) is 5.02. The van der Waals surface area contributed by atoms with E-state index in [1.54, 1.807) is 0 Å². The average Bonchev–Trinajstić information content (AvgIpc) is 3.01. The highest BCUT2D eigenvalue weighted by Gasteiger charge is 2.36. The zero-order chi connectivity index (χ0) is 15.4. The molecule has 2 heterocycles. The third kappa shape index (κ3) is 1.65. The standard InChI is InChI=1S/C20H17N3/c1-21-16-10-5-6-11-17(16)23-14-22(15-8-3-2-4-9-15)19-13-7-12-18(21)20(19)23/h2-13H,14H2,1H3. The maximum Gasteiger partial charge on any atom is 0.100 e. The lowest BCUT2D eigenvalue weighted by atomic mass is 10.1. The van der Waals surface area contributed by atoms with Crippen molar-refractivity contribution in [3.05, 3.63) is 72.8 Å². The molecule has 0 amide bonds. The zero-order valence-electron chi connectivity index (χ0n) is 13.0. The quantitative estimate of drug-likeness (QED) is 0.625. The van der Waals surface area contributed by atoms with Crippen LogP contribution in [0.1, 0.15) is 0 Å². The summed E-state index contributed by atoms with van der Waals surface area (Å²) >= 11 is 0. The first-order chi connectivity index (χ1) is 11.3. The smallest absolute Gasteiger partial charge is 0.100 e. The second-order valence-corrected chi connectivity index (χ2v) is 6.03. The number of rotatable bonds is 1. The largest absolute Gasteiger partial charge is 0.341 e. The molecule has 5 rings (SSSR count). The van der Waals surface area contributed by atoms with Crippen LogP contribution in [0.15, 0.2) is 72.8 Å². The van der Waals surface area contributed by atoms with Crippen LogP contribution in [-0.4, -0.2) is 13.7 Å². The molecule has 0 radical (unpaired) electrons. The van der Waals surface area contributed by atoms with E-state index in [0.717, 1.165) is 6.67 Å². The maximum absolute atomic E-state index is 2.42. The summed E-state index contributed by atoms with van der Waals surface area (Å²) in [6.07, 6.45) is 0. The number of benzene rings is 3. The zero-order valence-corrected chi connectivity index (χ0v) is 13.0. The maximum atomic E-state index is 2.42. The number of nitrogens with zero attached hydrogens (tertiary/aromatic N) is 3. The first kappa shape index (κ1) is 12.6. The molecule has 3 heteroatoms. The Hall–Kier alpha value is -2.94. The molecule has 3 aromatic carbocycles. The first-order valence-electron chi connectivity index (χ1n) is 7.90. The van der Waals surface area contributed by atoms with Gasteiger partial charge < -0.3 is 14.7 Å². The van der Waals surface area contributed by atoms with E-state index >= 15 is 0 Å². The molecule has 0 aliphatic carbocycles. The SMILES string of the molecule is CN1c2ccccc2N2CN(c3ccccc3)c3cccc1c32. The Morgan fingerprint density at radius 2 is 1.26 bits per heavy atom. The van der Waals surface area contributed by atoms with E-state index in [2.05, 4.69) is 94.5 Å². The summed E-state index contributed by atoms with van der Waals surface area (Å²) in [4.78, 5) is 7.10. The molecule has 0 unspecified atom stereocenters. The second-order valence-electron chi connectivity index (χ2n) is 6.03. The van der Waals surface area contributed by atoms with Crippen LogP contribution in [0.2, 0.25) is 0 Å². The summed E-state index contributed by atoms with van der Waals surface area (Å²) in [7, 11) is 2.15. The summed E-state index contributed by atoms with van der Waals surface area (Å²) in [6.45, 7) is 0.848. The van der Waals surface area contributed by atoms with Crippen molar-refractivity contribution in [1.29, 1.82) is 0 Å². The normalized spacial score (nSPS) is 14.7. The van der Waals surface area contributed by atoms with Crippen molar-refractivity contribution in [1.82, 2.24) is 0 Å². The number of anilines is 6. The monoisotopic (exact) mass is 299 g/mol. The molecule has 0 aromatic heterocycles. The average molecular weight is 299 g/mol. The molecule has 23 heavy (non-hydrogen) atoms. The van der Waals surface area contributed by atoms with E-state index in [0.29, 0.717) is 0 Å². The van der Waals surface area contributed by atoms with Crippen molar-refractivity contribution < 1.29 is 0 Å².